The lowest BCUT2D eigenvalue weighted by atomic mass is 10.0. The van der Waals surface area contributed by atoms with Crippen LogP contribution in [0.5, 0.6) is 5.75 Å². The van der Waals surface area contributed by atoms with E-state index in [1.807, 2.05) is 52.8 Å². The molecule has 0 radical (unpaired) electrons. The molecule has 0 spiro atoms. The lowest BCUT2D eigenvalue weighted by Crippen LogP contribution is -2.39. The first-order chi connectivity index (χ1) is 13.6. The maximum Gasteiger partial charge on any atom is 0.348 e. The molecular formula is C22H32BrNO5. The van der Waals surface area contributed by atoms with Gasteiger partial charge in [0, 0.05) is 22.6 Å². The van der Waals surface area contributed by atoms with Crippen molar-refractivity contribution in [1.82, 2.24) is 0 Å². The Labute approximate surface area is 182 Å². The first-order valence-corrected chi connectivity index (χ1v) is 10.9. The maximum atomic E-state index is 12.7. The van der Waals surface area contributed by atoms with Gasteiger partial charge in [0.05, 0.1) is 0 Å². The Morgan fingerprint density at radius 2 is 2.07 bits per heavy atom. The van der Waals surface area contributed by atoms with E-state index in [-0.39, 0.29) is 18.0 Å². The van der Waals surface area contributed by atoms with Crippen LogP contribution in [0.25, 0.3) is 0 Å². The van der Waals surface area contributed by atoms with Crippen LogP contribution in [-0.4, -0.2) is 42.7 Å². The molecule has 0 N–H and O–H groups in total. The van der Waals surface area contributed by atoms with E-state index in [1.165, 1.54) is 0 Å². The normalized spacial score (nSPS) is 17.7. The number of oxime groups is 1. The minimum absolute atomic E-state index is 0.0697. The summed E-state index contributed by atoms with van der Waals surface area (Å²) < 4.78 is 18.6. The van der Waals surface area contributed by atoms with Gasteiger partial charge in [-0.05, 0) is 45.4 Å². The Bertz CT molecular complexity index is 726. The number of nitrogens with zero attached hydrogens (tertiary/aromatic N) is 1. The number of ether oxygens (including phenoxy) is 3. The Morgan fingerprint density at radius 1 is 1.34 bits per heavy atom. The molecule has 2 rings (SSSR count). The highest BCUT2D eigenvalue weighted by molar-refractivity contribution is 9.10. The molecule has 6 nitrogen and oxygen atoms in total. The zero-order chi connectivity index (χ0) is 21.6. The van der Waals surface area contributed by atoms with Gasteiger partial charge in [0.2, 0.25) is 0 Å². The molecule has 0 saturated heterocycles. The van der Waals surface area contributed by atoms with E-state index in [0.717, 1.165) is 22.9 Å². The van der Waals surface area contributed by atoms with Gasteiger partial charge in [-0.1, -0.05) is 48.3 Å². The van der Waals surface area contributed by atoms with E-state index in [0.29, 0.717) is 24.7 Å². The van der Waals surface area contributed by atoms with Crippen molar-refractivity contribution >= 4 is 27.6 Å². The number of carbonyl (C=O) groups is 1. The number of esters is 1. The van der Waals surface area contributed by atoms with E-state index in [9.17, 15) is 4.79 Å². The highest BCUT2D eigenvalue weighted by Crippen LogP contribution is 2.30. The monoisotopic (exact) mass is 469 g/mol. The van der Waals surface area contributed by atoms with Gasteiger partial charge in [-0.2, -0.15) is 0 Å². The van der Waals surface area contributed by atoms with Crippen LogP contribution >= 0.6 is 15.9 Å². The standard InChI is InChI=1S/C22H32BrNO5/c1-7-8-11-26-18-13-27-24-19(18)16-12-15(23)9-10-17(16)28-20(14(2)3)21(25)29-22(4,5)6/h9-10,12,14,18,20H,7-8,11,13H2,1-6H3. The minimum Gasteiger partial charge on any atom is -0.478 e. The molecule has 0 fully saturated rings. The van der Waals surface area contributed by atoms with Crippen LogP contribution < -0.4 is 4.74 Å². The lowest BCUT2D eigenvalue weighted by molar-refractivity contribution is -0.165. The van der Waals surface area contributed by atoms with Crippen molar-refractivity contribution in [2.24, 2.45) is 11.1 Å². The fourth-order valence-electron chi connectivity index (χ4n) is 2.79. The van der Waals surface area contributed by atoms with Crippen LogP contribution in [0, 0.1) is 5.92 Å². The number of hydrogen-bond donors (Lipinski definition) is 0. The summed E-state index contributed by atoms with van der Waals surface area (Å²) in [5, 5.41) is 4.20. The average Bonchev–Trinajstić information content (AvgIpc) is 3.07. The molecule has 1 aromatic rings. The largest absolute Gasteiger partial charge is 0.478 e. The predicted octanol–water partition coefficient (Wildman–Crippen LogP) is 5.11. The van der Waals surface area contributed by atoms with Crippen molar-refractivity contribution in [3.8, 4) is 5.75 Å². The van der Waals surface area contributed by atoms with Crippen LogP contribution in [0.2, 0.25) is 0 Å². The third-order valence-electron chi connectivity index (χ3n) is 4.23. The molecule has 2 atom stereocenters. The van der Waals surface area contributed by atoms with E-state index in [2.05, 4.69) is 28.0 Å². The van der Waals surface area contributed by atoms with Crippen LogP contribution in [0.15, 0.2) is 27.8 Å². The summed E-state index contributed by atoms with van der Waals surface area (Å²) in [7, 11) is 0. The van der Waals surface area contributed by atoms with Crippen LogP contribution in [0.4, 0.5) is 0 Å². The van der Waals surface area contributed by atoms with Crippen molar-refractivity contribution in [1.29, 1.82) is 0 Å². The molecule has 162 valence electrons. The lowest BCUT2D eigenvalue weighted by Gasteiger charge is -2.27. The molecule has 1 heterocycles. The molecule has 7 heteroatoms. The zero-order valence-corrected chi connectivity index (χ0v) is 19.7. The molecule has 1 aliphatic heterocycles. The third kappa shape index (κ3) is 7.00. The number of unbranched alkanes of at least 4 members (excludes halogenated alkanes) is 1. The van der Waals surface area contributed by atoms with Gasteiger partial charge in [-0.15, -0.1) is 0 Å². The summed E-state index contributed by atoms with van der Waals surface area (Å²) in [6.45, 7) is 12.5. The molecule has 1 aliphatic rings. The molecular weight excluding hydrogens is 438 g/mol. The van der Waals surface area contributed by atoms with Crippen molar-refractivity contribution in [3.05, 3.63) is 28.2 Å². The molecule has 29 heavy (non-hydrogen) atoms. The summed E-state index contributed by atoms with van der Waals surface area (Å²) >= 11 is 3.51. The molecule has 1 aromatic carbocycles. The Hall–Kier alpha value is -1.60. The highest BCUT2D eigenvalue weighted by atomic mass is 79.9. The second kappa shape index (κ2) is 10.4. The van der Waals surface area contributed by atoms with E-state index in [4.69, 9.17) is 19.0 Å². The average molecular weight is 470 g/mol. The second-order valence-electron chi connectivity index (χ2n) is 8.44. The summed E-state index contributed by atoms with van der Waals surface area (Å²) in [6, 6.07) is 5.60. The molecule has 0 bridgehead atoms. The van der Waals surface area contributed by atoms with Gasteiger partial charge in [0.15, 0.2) is 6.10 Å². The van der Waals surface area contributed by atoms with E-state index >= 15 is 0 Å². The third-order valence-corrected chi connectivity index (χ3v) is 4.72. The minimum atomic E-state index is -0.739. The first-order valence-electron chi connectivity index (χ1n) is 10.1. The molecule has 0 saturated carbocycles. The summed E-state index contributed by atoms with van der Waals surface area (Å²) in [5.41, 5.74) is 0.828. The van der Waals surface area contributed by atoms with Crippen LogP contribution in [-0.2, 0) is 19.1 Å². The number of hydrogen-bond acceptors (Lipinski definition) is 6. The second-order valence-corrected chi connectivity index (χ2v) is 9.36. The van der Waals surface area contributed by atoms with E-state index < -0.39 is 11.7 Å². The number of rotatable bonds is 9. The van der Waals surface area contributed by atoms with Gasteiger partial charge < -0.3 is 19.0 Å². The SMILES string of the molecule is CCCCOC1CON=C1c1cc(Br)ccc1OC(C(=O)OC(C)(C)C)C(C)C. The fourth-order valence-corrected chi connectivity index (χ4v) is 3.15. The molecule has 0 amide bonds. The summed E-state index contributed by atoms with van der Waals surface area (Å²) in [6.07, 6.45) is 1.02. The van der Waals surface area contributed by atoms with Gasteiger partial charge >= 0.3 is 5.97 Å². The van der Waals surface area contributed by atoms with E-state index in [1.54, 1.807) is 0 Å². The fraction of sp³-hybridized carbons (Fsp3) is 0.636. The summed E-state index contributed by atoms with van der Waals surface area (Å²) in [4.78, 5) is 18.0. The Morgan fingerprint density at radius 3 is 2.69 bits per heavy atom. The van der Waals surface area contributed by atoms with Gasteiger partial charge in [-0.3, -0.25) is 0 Å². The summed E-state index contributed by atoms with van der Waals surface area (Å²) in [5.74, 6) is 0.0903. The smallest absolute Gasteiger partial charge is 0.348 e. The number of benzene rings is 1. The number of carbonyl (C=O) groups excluding carboxylic acids is 1. The Kier molecular flexibility index (Phi) is 8.52. The predicted molar refractivity (Wildman–Crippen MR) is 116 cm³/mol. The van der Waals surface area contributed by atoms with Gasteiger partial charge in [-0.25, -0.2) is 4.79 Å². The molecule has 0 aromatic heterocycles. The number of halogens is 1. The zero-order valence-electron chi connectivity index (χ0n) is 18.2. The van der Waals surface area contributed by atoms with Crippen molar-refractivity contribution in [3.63, 3.8) is 0 Å². The van der Waals surface area contributed by atoms with Crippen molar-refractivity contribution in [2.75, 3.05) is 13.2 Å². The molecule has 0 aliphatic carbocycles. The van der Waals surface area contributed by atoms with Crippen molar-refractivity contribution in [2.45, 2.75) is 72.2 Å². The quantitative estimate of drug-likeness (QED) is 0.371. The van der Waals surface area contributed by atoms with Crippen LogP contribution in [0.3, 0.4) is 0 Å². The van der Waals surface area contributed by atoms with Gasteiger partial charge in [0.25, 0.3) is 0 Å². The van der Waals surface area contributed by atoms with Crippen molar-refractivity contribution < 1.29 is 23.8 Å². The topological polar surface area (TPSA) is 66.3 Å². The maximum absolute atomic E-state index is 12.7. The Balaban J connectivity index is 2.28. The first kappa shape index (κ1) is 23.7. The molecule has 2 unspecified atom stereocenters. The van der Waals surface area contributed by atoms with Gasteiger partial charge in [0.1, 0.15) is 29.8 Å². The van der Waals surface area contributed by atoms with Crippen LogP contribution in [0.1, 0.15) is 59.9 Å². The highest BCUT2D eigenvalue weighted by Gasteiger charge is 2.33.